The van der Waals surface area contributed by atoms with E-state index in [9.17, 15) is 5.11 Å². The molecule has 0 aliphatic heterocycles. The molecule has 0 spiro atoms. The fourth-order valence-corrected chi connectivity index (χ4v) is 3.07. The Morgan fingerprint density at radius 2 is 1.79 bits per heavy atom. The van der Waals surface area contributed by atoms with Gasteiger partial charge in [0.15, 0.2) is 11.5 Å². The zero-order valence-electron chi connectivity index (χ0n) is 15.4. The molecule has 3 aromatic rings. The minimum Gasteiger partial charge on any atom is -0.493 e. The van der Waals surface area contributed by atoms with Crippen LogP contribution in [0.15, 0.2) is 30.3 Å². The summed E-state index contributed by atoms with van der Waals surface area (Å²) in [6.45, 7) is 0.430. The Kier molecular flexibility index (Phi) is 6.28. The highest BCUT2D eigenvalue weighted by Crippen LogP contribution is 2.33. The molecule has 1 heterocycles. The molecule has 7 nitrogen and oxygen atoms in total. The molecule has 3 rings (SSSR count). The van der Waals surface area contributed by atoms with Gasteiger partial charge in [-0.05, 0) is 30.2 Å². The van der Waals surface area contributed by atoms with Crippen LogP contribution in [0, 0.1) is 0 Å². The zero-order chi connectivity index (χ0) is 20.3. The number of nitrogen functional groups attached to an aromatic ring is 1. The topological polar surface area (TPSA) is 103 Å². The molecular formula is C19H20Cl2N4O3. The van der Waals surface area contributed by atoms with E-state index in [0.717, 1.165) is 0 Å². The molecule has 1 aromatic heterocycles. The van der Waals surface area contributed by atoms with Gasteiger partial charge in [-0.15, -0.1) is 0 Å². The molecule has 148 valence electrons. The number of ether oxygens (including phenoxy) is 2. The number of aliphatic hydroxyl groups excluding tert-OH is 1. The largest absolute Gasteiger partial charge is 0.493 e. The summed E-state index contributed by atoms with van der Waals surface area (Å²) in [5, 5.41) is 14.9. The summed E-state index contributed by atoms with van der Waals surface area (Å²) in [5.41, 5.74) is 7.37. The zero-order valence-corrected chi connectivity index (χ0v) is 16.9. The molecule has 0 amide bonds. The van der Waals surface area contributed by atoms with Crippen LogP contribution in [0.3, 0.4) is 0 Å². The molecule has 0 radical (unpaired) electrons. The van der Waals surface area contributed by atoms with E-state index in [1.165, 1.54) is 0 Å². The van der Waals surface area contributed by atoms with Crippen molar-refractivity contribution >= 4 is 45.9 Å². The Balaban J connectivity index is 1.72. The minimum absolute atomic E-state index is 0.318. The third-order valence-electron chi connectivity index (χ3n) is 4.26. The normalized spacial score (nSPS) is 12.0. The lowest BCUT2D eigenvalue weighted by Crippen LogP contribution is -2.11. The number of fused-ring (bicyclic) bond motifs is 1. The molecule has 28 heavy (non-hydrogen) atoms. The van der Waals surface area contributed by atoms with Crippen LogP contribution in [0.4, 0.5) is 11.8 Å². The third-order valence-corrected chi connectivity index (χ3v) is 5.00. The van der Waals surface area contributed by atoms with E-state index in [1.807, 2.05) is 0 Å². The SMILES string of the molecule is COc1cc2nc(NCCC(O)c3ccc(Cl)c(Cl)c3)nc(N)c2cc1OC. The number of aromatic nitrogens is 2. The Hall–Kier alpha value is -2.48. The van der Waals surface area contributed by atoms with E-state index >= 15 is 0 Å². The number of hydrogen-bond acceptors (Lipinski definition) is 7. The first-order valence-electron chi connectivity index (χ1n) is 8.49. The lowest BCUT2D eigenvalue weighted by atomic mass is 10.1. The molecule has 0 bridgehead atoms. The Labute approximate surface area is 172 Å². The number of halogens is 2. The molecule has 2 aromatic carbocycles. The summed E-state index contributed by atoms with van der Waals surface area (Å²) in [4.78, 5) is 8.72. The fourth-order valence-electron chi connectivity index (χ4n) is 2.77. The third kappa shape index (κ3) is 4.32. The van der Waals surface area contributed by atoms with Gasteiger partial charge in [0.25, 0.3) is 0 Å². The van der Waals surface area contributed by atoms with Crippen molar-refractivity contribution in [2.24, 2.45) is 0 Å². The van der Waals surface area contributed by atoms with Crippen molar-refractivity contribution in [2.45, 2.75) is 12.5 Å². The van der Waals surface area contributed by atoms with E-state index in [4.69, 9.17) is 38.4 Å². The average molecular weight is 423 g/mol. The maximum atomic E-state index is 10.3. The van der Waals surface area contributed by atoms with Gasteiger partial charge in [0.2, 0.25) is 5.95 Å². The molecule has 1 atom stereocenters. The highest BCUT2D eigenvalue weighted by atomic mass is 35.5. The summed E-state index contributed by atoms with van der Waals surface area (Å²) in [6.07, 6.45) is -0.282. The van der Waals surface area contributed by atoms with E-state index < -0.39 is 6.10 Å². The molecule has 0 saturated heterocycles. The van der Waals surface area contributed by atoms with Gasteiger partial charge in [-0.2, -0.15) is 4.98 Å². The van der Waals surface area contributed by atoms with Crippen molar-refractivity contribution < 1.29 is 14.6 Å². The number of nitrogens with one attached hydrogen (secondary N) is 1. The first-order chi connectivity index (χ1) is 13.4. The molecule has 9 heteroatoms. The first-order valence-corrected chi connectivity index (χ1v) is 9.24. The second-order valence-corrected chi connectivity index (χ2v) is 6.88. The van der Waals surface area contributed by atoms with Crippen molar-refractivity contribution in [3.05, 3.63) is 45.9 Å². The first kappa shape index (κ1) is 20.3. The van der Waals surface area contributed by atoms with Crippen LogP contribution in [0.2, 0.25) is 10.0 Å². The highest BCUT2D eigenvalue weighted by Gasteiger charge is 2.13. The maximum absolute atomic E-state index is 10.3. The van der Waals surface area contributed by atoms with Crippen molar-refractivity contribution in [3.8, 4) is 11.5 Å². The number of rotatable bonds is 7. The smallest absolute Gasteiger partial charge is 0.225 e. The van der Waals surface area contributed by atoms with Gasteiger partial charge in [-0.25, -0.2) is 4.98 Å². The van der Waals surface area contributed by atoms with Crippen molar-refractivity contribution in [1.82, 2.24) is 9.97 Å². The Bertz CT molecular complexity index is 1000. The molecule has 0 aliphatic rings. The molecular weight excluding hydrogens is 403 g/mol. The standard InChI is InChI=1S/C19H20Cl2N4O3/c1-27-16-8-11-14(9-17(16)28-2)24-19(25-18(11)22)23-6-5-15(26)10-3-4-12(20)13(21)7-10/h3-4,7-9,15,26H,5-6H2,1-2H3,(H3,22,23,24,25). The summed E-state index contributed by atoms with van der Waals surface area (Å²) < 4.78 is 10.6. The van der Waals surface area contributed by atoms with E-state index in [0.29, 0.717) is 62.7 Å². The van der Waals surface area contributed by atoms with Gasteiger partial charge < -0.3 is 25.6 Å². The lowest BCUT2D eigenvalue weighted by molar-refractivity contribution is 0.171. The Morgan fingerprint density at radius 3 is 2.46 bits per heavy atom. The van der Waals surface area contributed by atoms with E-state index in [2.05, 4.69) is 15.3 Å². The predicted octanol–water partition coefficient (Wildman–Crippen LogP) is 4.07. The number of anilines is 2. The maximum Gasteiger partial charge on any atom is 0.225 e. The minimum atomic E-state index is -0.704. The van der Waals surface area contributed by atoms with Crippen LogP contribution in [0.25, 0.3) is 10.9 Å². The summed E-state index contributed by atoms with van der Waals surface area (Å²) in [5.74, 6) is 1.78. The van der Waals surface area contributed by atoms with Gasteiger partial charge >= 0.3 is 0 Å². The Morgan fingerprint density at radius 1 is 1.07 bits per heavy atom. The summed E-state index contributed by atoms with van der Waals surface area (Å²) in [6, 6.07) is 8.52. The van der Waals surface area contributed by atoms with Crippen LogP contribution < -0.4 is 20.5 Å². The van der Waals surface area contributed by atoms with Gasteiger partial charge in [-0.3, -0.25) is 0 Å². The van der Waals surface area contributed by atoms with E-state index in [-0.39, 0.29) is 0 Å². The van der Waals surface area contributed by atoms with Crippen LogP contribution in [-0.4, -0.2) is 35.8 Å². The van der Waals surface area contributed by atoms with Crippen molar-refractivity contribution in [2.75, 3.05) is 31.8 Å². The average Bonchev–Trinajstić information content (AvgIpc) is 2.69. The van der Waals surface area contributed by atoms with Gasteiger partial charge in [0.05, 0.1) is 35.9 Å². The van der Waals surface area contributed by atoms with Crippen LogP contribution >= 0.6 is 23.2 Å². The fraction of sp³-hybridized carbons (Fsp3) is 0.263. The number of hydrogen-bond donors (Lipinski definition) is 3. The lowest BCUT2D eigenvalue weighted by Gasteiger charge is -2.14. The van der Waals surface area contributed by atoms with Crippen LogP contribution in [0.1, 0.15) is 18.1 Å². The summed E-state index contributed by atoms with van der Waals surface area (Å²) >= 11 is 11.9. The van der Waals surface area contributed by atoms with Crippen LogP contribution in [0.5, 0.6) is 11.5 Å². The number of methoxy groups -OCH3 is 2. The number of aliphatic hydroxyl groups is 1. The molecule has 4 N–H and O–H groups in total. The molecule has 0 saturated carbocycles. The predicted molar refractivity (Wildman–Crippen MR) is 112 cm³/mol. The molecule has 0 aliphatic carbocycles. The highest BCUT2D eigenvalue weighted by molar-refractivity contribution is 6.42. The second-order valence-electron chi connectivity index (χ2n) is 6.06. The van der Waals surface area contributed by atoms with Crippen molar-refractivity contribution in [3.63, 3.8) is 0 Å². The molecule has 1 unspecified atom stereocenters. The van der Waals surface area contributed by atoms with Gasteiger partial charge in [-0.1, -0.05) is 29.3 Å². The molecule has 0 fully saturated rings. The second kappa shape index (κ2) is 8.68. The number of nitrogens with zero attached hydrogens (tertiary/aromatic N) is 2. The van der Waals surface area contributed by atoms with Gasteiger partial charge in [0, 0.05) is 18.0 Å². The van der Waals surface area contributed by atoms with Crippen molar-refractivity contribution in [1.29, 1.82) is 0 Å². The van der Waals surface area contributed by atoms with E-state index in [1.54, 1.807) is 44.6 Å². The van der Waals surface area contributed by atoms with Gasteiger partial charge in [0.1, 0.15) is 5.82 Å². The number of nitrogens with two attached hydrogens (primary N) is 1. The summed E-state index contributed by atoms with van der Waals surface area (Å²) in [7, 11) is 3.10. The quantitative estimate of drug-likeness (QED) is 0.526. The monoisotopic (exact) mass is 422 g/mol. The van der Waals surface area contributed by atoms with Crippen LogP contribution in [-0.2, 0) is 0 Å². The number of benzene rings is 2.